The summed E-state index contributed by atoms with van der Waals surface area (Å²) >= 11 is 6.27. The minimum atomic E-state index is -0.337. The van der Waals surface area contributed by atoms with Crippen molar-refractivity contribution in [3.63, 3.8) is 0 Å². The minimum Gasteiger partial charge on any atom is -0.494 e. The number of ether oxygens (including phenoxy) is 2. The molecule has 0 amide bonds. The van der Waals surface area contributed by atoms with Crippen molar-refractivity contribution in [1.29, 1.82) is 0 Å². The number of H-pyrrole nitrogens is 1. The molecule has 0 radical (unpaired) electrons. The third-order valence-electron chi connectivity index (χ3n) is 5.98. The van der Waals surface area contributed by atoms with Gasteiger partial charge in [-0.25, -0.2) is 4.79 Å². The largest absolute Gasteiger partial charge is 0.494 e. The molecule has 0 fully saturated rings. The molecule has 4 aromatic rings. The molecule has 4 rings (SSSR count). The van der Waals surface area contributed by atoms with Crippen molar-refractivity contribution in [2.75, 3.05) is 13.2 Å². The summed E-state index contributed by atoms with van der Waals surface area (Å²) in [5.41, 5.74) is 7.58. The monoisotopic (exact) mass is 476 g/mol. The Labute approximate surface area is 205 Å². The zero-order valence-electron chi connectivity index (χ0n) is 20.0. The van der Waals surface area contributed by atoms with Gasteiger partial charge in [0.05, 0.1) is 18.7 Å². The number of fused-ring (bicyclic) bond motifs is 1. The van der Waals surface area contributed by atoms with Crippen LogP contribution in [0.25, 0.3) is 22.0 Å². The maximum atomic E-state index is 12.8. The maximum absolute atomic E-state index is 12.8. The van der Waals surface area contributed by atoms with Crippen molar-refractivity contribution in [1.82, 2.24) is 9.97 Å². The van der Waals surface area contributed by atoms with E-state index < -0.39 is 0 Å². The van der Waals surface area contributed by atoms with Gasteiger partial charge in [0, 0.05) is 28.4 Å². The molecule has 2 heterocycles. The Morgan fingerprint density at radius 3 is 2.53 bits per heavy atom. The Kier molecular flexibility index (Phi) is 7.23. The van der Waals surface area contributed by atoms with E-state index >= 15 is 0 Å². The molecule has 0 saturated carbocycles. The van der Waals surface area contributed by atoms with Gasteiger partial charge in [-0.15, -0.1) is 0 Å². The Morgan fingerprint density at radius 1 is 1.06 bits per heavy atom. The van der Waals surface area contributed by atoms with Gasteiger partial charge in [0.25, 0.3) is 0 Å². The van der Waals surface area contributed by atoms with Crippen LogP contribution in [0, 0.1) is 20.8 Å². The number of esters is 1. The van der Waals surface area contributed by atoms with E-state index in [4.69, 9.17) is 21.1 Å². The molecular weight excluding hydrogens is 448 g/mol. The molecule has 6 heteroatoms. The first kappa shape index (κ1) is 23.8. The van der Waals surface area contributed by atoms with Crippen LogP contribution < -0.4 is 4.74 Å². The number of aromatic nitrogens is 2. The van der Waals surface area contributed by atoms with Crippen molar-refractivity contribution in [3.8, 4) is 16.9 Å². The summed E-state index contributed by atoms with van der Waals surface area (Å²) in [5.74, 6) is 0.468. The van der Waals surface area contributed by atoms with Crippen molar-refractivity contribution in [2.45, 2.75) is 40.5 Å². The summed E-state index contributed by atoms with van der Waals surface area (Å²) in [6.45, 7) is 8.65. The molecule has 0 aliphatic heterocycles. The lowest BCUT2D eigenvalue weighted by Crippen LogP contribution is -2.09. The lowest BCUT2D eigenvalue weighted by Gasteiger charge is -2.10. The number of nitrogens with zero attached hydrogens (tertiary/aromatic N) is 1. The number of para-hydroxylation sites is 1. The topological polar surface area (TPSA) is 64.2 Å². The van der Waals surface area contributed by atoms with Crippen molar-refractivity contribution < 1.29 is 14.3 Å². The average molecular weight is 477 g/mol. The van der Waals surface area contributed by atoms with Gasteiger partial charge < -0.3 is 14.5 Å². The van der Waals surface area contributed by atoms with Gasteiger partial charge in [-0.05, 0) is 86.6 Å². The number of benzene rings is 2. The van der Waals surface area contributed by atoms with E-state index in [0.717, 1.165) is 61.5 Å². The average Bonchev–Trinajstić information content (AvgIpc) is 3.19. The van der Waals surface area contributed by atoms with Crippen LogP contribution in [-0.2, 0) is 11.2 Å². The highest BCUT2D eigenvalue weighted by atomic mass is 35.5. The summed E-state index contributed by atoms with van der Waals surface area (Å²) in [6, 6.07) is 12.0. The fraction of sp³-hybridized carbons (Fsp3) is 0.286. The molecule has 0 saturated heterocycles. The van der Waals surface area contributed by atoms with E-state index in [-0.39, 0.29) is 5.97 Å². The molecule has 0 aliphatic carbocycles. The van der Waals surface area contributed by atoms with Crippen LogP contribution in [0.2, 0.25) is 5.02 Å². The first-order valence-corrected chi connectivity index (χ1v) is 11.9. The molecule has 0 atom stereocenters. The number of carbonyl (C=O) groups excluding carboxylic acids is 1. The zero-order valence-corrected chi connectivity index (χ0v) is 20.8. The van der Waals surface area contributed by atoms with Gasteiger partial charge >= 0.3 is 5.97 Å². The fourth-order valence-electron chi connectivity index (χ4n) is 4.34. The van der Waals surface area contributed by atoms with Gasteiger partial charge in [0.1, 0.15) is 11.4 Å². The Balaban J connectivity index is 1.63. The number of aromatic amines is 1. The lowest BCUT2D eigenvalue weighted by molar-refractivity contribution is 0.0519. The minimum absolute atomic E-state index is 0.322. The highest BCUT2D eigenvalue weighted by Gasteiger charge is 2.21. The number of aryl methyl sites for hydroxylation is 4. The summed E-state index contributed by atoms with van der Waals surface area (Å²) < 4.78 is 11.4. The second-order valence-corrected chi connectivity index (χ2v) is 8.82. The van der Waals surface area contributed by atoms with Crippen molar-refractivity contribution >= 4 is 28.5 Å². The van der Waals surface area contributed by atoms with Crippen LogP contribution in [0.1, 0.15) is 46.1 Å². The number of halogens is 1. The highest BCUT2D eigenvalue weighted by Crippen LogP contribution is 2.34. The molecular formula is C28H29ClN2O3. The molecule has 0 aliphatic rings. The number of hydrogen-bond donors (Lipinski definition) is 1. The number of carbonyl (C=O) groups is 1. The van der Waals surface area contributed by atoms with E-state index in [2.05, 4.69) is 22.1 Å². The zero-order chi connectivity index (χ0) is 24.2. The predicted molar refractivity (Wildman–Crippen MR) is 137 cm³/mol. The first-order valence-electron chi connectivity index (χ1n) is 11.5. The SMILES string of the molecule is CCOC(=O)c1[nH]c2c(-c3ccncc3C)cccc2c1CCCOc1cc(C)c(Cl)c(C)c1. The molecule has 0 spiro atoms. The predicted octanol–water partition coefficient (Wildman–Crippen LogP) is 7.00. The Bertz CT molecular complexity index is 1320. The van der Waals surface area contributed by atoms with Gasteiger partial charge in [0.2, 0.25) is 0 Å². The molecule has 2 aromatic carbocycles. The quantitative estimate of drug-likeness (QED) is 0.220. The fourth-order valence-corrected chi connectivity index (χ4v) is 4.45. The molecule has 0 unspecified atom stereocenters. The van der Waals surface area contributed by atoms with Gasteiger partial charge in [-0.3, -0.25) is 4.98 Å². The third kappa shape index (κ3) is 4.80. The summed E-state index contributed by atoms with van der Waals surface area (Å²) in [6.07, 6.45) is 5.06. The molecule has 34 heavy (non-hydrogen) atoms. The second-order valence-electron chi connectivity index (χ2n) is 8.44. The van der Waals surface area contributed by atoms with Crippen molar-refractivity contribution in [3.05, 3.63) is 81.8 Å². The van der Waals surface area contributed by atoms with Crippen LogP contribution in [0.3, 0.4) is 0 Å². The Morgan fingerprint density at radius 2 is 1.82 bits per heavy atom. The molecule has 2 aromatic heterocycles. The van der Waals surface area contributed by atoms with Crippen LogP contribution in [-0.4, -0.2) is 29.2 Å². The summed E-state index contributed by atoms with van der Waals surface area (Å²) in [5, 5.41) is 1.79. The second kappa shape index (κ2) is 10.3. The van der Waals surface area contributed by atoms with Crippen molar-refractivity contribution in [2.24, 2.45) is 0 Å². The summed E-state index contributed by atoms with van der Waals surface area (Å²) in [7, 11) is 0. The van der Waals surface area contributed by atoms with E-state index in [1.807, 2.05) is 58.2 Å². The number of hydrogen-bond acceptors (Lipinski definition) is 4. The van der Waals surface area contributed by atoms with E-state index in [1.165, 1.54) is 0 Å². The highest BCUT2D eigenvalue weighted by molar-refractivity contribution is 6.32. The lowest BCUT2D eigenvalue weighted by atomic mass is 9.98. The molecule has 0 bridgehead atoms. The summed E-state index contributed by atoms with van der Waals surface area (Å²) in [4.78, 5) is 20.4. The number of pyridine rings is 1. The smallest absolute Gasteiger partial charge is 0.355 e. The molecule has 176 valence electrons. The van der Waals surface area contributed by atoms with Crippen LogP contribution in [0.5, 0.6) is 5.75 Å². The van der Waals surface area contributed by atoms with Crippen LogP contribution in [0.4, 0.5) is 0 Å². The van der Waals surface area contributed by atoms with Gasteiger partial charge in [0.15, 0.2) is 0 Å². The molecule has 1 N–H and O–H groups in total. The Hall–Kier alpha value is -3.31. The van der Waals surface area contributed by atoms with E-state index in [1.54, 1.807) is 6.20 Å². The maximum Gasteiger partial charge on any atom is 0.355 e. The normalized spacial score (nSPS) is 11.1. The third-order valence-corrected chi connectivity index (χ3v) is 6.58. The van der Waals surface area contributed by atoms with E-state index in [0.29, 0.717) is 25.3 Å². The molecule has 5 nitrogen and oxygen atoms in total. The van der Waals surface area contributed by atoms with Crippen LogP contribution >= 0.6 is 11.6 Å². The van der Waals surface area contributed by atoms with E-state index in [9.17, 15) is 4.79 Å². The number of nitrogens with one attached hydrogen (secondary N) is 1. The van der Waals surface area contributed by atoms with Gasteiger partial charge in [-0.1, -0.05) is 29.8 Å². The van der Waals surface area contributed by atoms with Crippen LogP contribution in [0.15, 0.2) is 48.8 Å². The number of rotatable bonds is 8. The first-order chi connectivity index (χ1) is 16.4. The van der Waals surface area contributed by atoms with Gasteiger partial charge in [-0.2, -0.15) is 0 Å². The standard InChI is InChI=1S/C28H29ClN2O3/c1-5-33-28(32)27-24(10-7-13-34-20-14-17(2)25(29)18(3)15-20)23-9-6-8-22(26(23)31-27)21-11-12-30-16-19(21)4/h6,8-9,11-12,14-16,31H,5,7,10,13H2,1-4H3.